The summed E-state index contributed by atoms with van der Waals surface area (Å²) in [4.78, 5) is 32.0. The smallest absolute Gasteiger partial charge is 0.276 e. The van der Waals surface area contributed by atoms with Gasteiger partial charge in [0.25, 0.3) is 5.91 Å². The number of rotatable bonds is 4. The van der Waals surface area contributed by atoms with Crippen LogP contribution in [-0.2, 0) is 4.79 Å². The van der Waals surface area contributed by atoms with Gasteiger partial charge in [0.15, 0.2) is 5.69 Å². The van der Waals surface area contributed by atoms with Gasteiger partial charge in [0, 0.05) is 25.2 Å². The summed E-state index contributed by atoms with van der Waals surface area (Å²) < 4.78 is 5.06. The molecule has 2 fully saturated rings. The van der Waals surface area contributed by atoms with Crippen molar-refractivity contribution in [2.45, 2.75) is 51.7 Å². The Morgan fingerprint density at radius 2 is 2.12 bits per heavy atom. The van der Waals surface area contributed by atoms with Crippen molar-refractivity contribution in [2.75, 3.05) is 27.2 Å². The maximum Gasteiger partial charge on any atom is 0.276 e. The van der Waals surface area contributed by atoms with E-state index in [-0.39, 0.29) is 23.6 Å². The van der Waals surface area contributed by atoms with Crippen LogP contribution >= 0.6 is 0 Å². The lowest BCUT2D eigenvalue weighted by atomic mass is 9.96. The minimum absolute atomic E-state index is 0.0721. The average Bonchev–Trinajstić information content (AvgIpc) is 3.15. The van der Waals surface area contributed by atoms with Crippen molar-refractivity contribution in [1.82, 2.24) is 19.9 Å². The molecule has 0 aliphatic carbocycles. The minimum atomic E-state index is -0.415. The van der Waals surface area contributed by atoms with Crippen molar-refractivity contribution in [3.8, 4) is 0 Å². The molecule has 0 radical (unpaired) electrons. The molecule has 0 unspecified atom stereocenters. The number of likely N-dealkylation sites (N-methyl/N-ethyl adjacent to an activating group) is 1. The zero-order valence-corrected chi connectivity index (χ0v) is 15.7. The summed E-state index contributed by atoms with van der Waals surface area (Å²) in [5.74, 6) is 0.793. The van der Waals surface area contributed by atoms with Crippen molar-refractivity contribution in [2.24, 2.45) is 5.92 Å². The average molecular weight is 348 g/mol. The molecule has 0 aromatic carbocycles. The molecule has 2 saturated heterocycles. The molecule has 2 aliphatic rings. The summed E-state index contributed by atoms with van der Waals surface area (Å²) in [6, 6.07) is 1.66. The Morgan fingerprint density at radius 1 is 1.40 bits per heavy atom. The first-order chi connectivity index (χ1) is 11.8. The van der Waals surface area contributed by atoms with E-state index in [1.165, 1.54) is 0 Å². The van der Waals surface area contributed by atoms with Crippen LogP contribution in [0.3, 0.4) is 0 Å². The quantitative estimate of drug-likeness (QED) is 0.822. The summed E-state index contributed by atoms with van der Waals surface area (Å²) >= 11 is 0. The van der Waals surface area contributed by atoms with Gasteiger partial charge < -0.3 is 19.2 Å². The standard InChI is InChI=1S/C18H28N4O3/c1-11(2)6-16-18(24)21-9-13(20(4)5)8-14(21)10-22(16)17(23)15-7-12(3)25-19-15/h7,11,13-14,16H,6,8-10H2,1-5H3/t13-,14-,16-/m0/s1. The largest absolute Gasteiger partial charge is 0.361 e. The van der Waals surface area contributed by atoms with Gasteiger partial charge in [-0.05, 0) is 39.8 Å². The third kappa shape index (κ3) is 3.42. The van der Waals surface area contributed by atoms with Gasteiger partial charge in [-0.25, -0.2) is 0 Å². The Morgan fingerprint density at radius 3 is 2.68 bits per heavy atom. The zero-order valence-electron chi connectivity index (χ0n) is 15.7. The lowest BCUT2D eigenvalue weighted by Crippen LogP contribution is -2.61. The Labute approximate surface area is 148 Å². The fourth-order valence-corrected chi connectivity index (χ4v) is 3.90. The molecule has 1 aromatic heterocycles. The van der Waals surface area contributed by atoms with Gasteiger partial charge in [0.05, 0.1) is 6.04 Å². The van der Waals surface area contributed by atoms with Gasteiger partial charge >= 0.3 is 0 Å². The number of carbonyl (C=O) groups is 2. The molecule has 7 nitrogen and oxygen atoms in total. The van der Waals surface area contributed by atoms with Crippen molar-refractivity contribution < 1.29 is 14.1 Å². The zero-order chi connectivity index (χ0) is 18.3. The van der Waals surface area contributed by atoms with Crippen LogP contribution in [0, 0.1) is 12.8 Å². The topological polar surface area (TPSA) is 69.9 Å². The van der Waals surface area contributed by atoms with Gasteiger partial charge in [0.2, 0.25) is 5.91 Å². The second-order valence-electron chi connectivity index (χ2n) is 7.92. The maximum absolute atomic E-state index is 13.1. The van der Waals surface area contributed by atoms with E-state index in [0.717, 1.165) is 13.0 Å². The Hall–Kier alpha value is -1.89. The van der Waals surface area contributed by atoms with E-state index in [0.29, 0.717) is 30.7 Å². The number of hydrogen-bond acceptors (Lipinski definition) is 5. The Bertz CT molecular complexity index is 655. The van der Waals surface area contributed by atoms with Crippen LogP contribution in [0.5, 0.6) is 0 Å². The molecule has 138 valence electrons. The van der Waals surface area contributed by atoms with Crippen molar-refractivity contribution in [3.05, 3.63) is 17.5 Å². The van der Waals surface area contributed by atoms with Crippen LogP contribution in [0.25, 0.3) is 0 Å². The van der Waals surface area contributed by atoms with Crippen LogP contribution in [0.15, 0.2) is 10.6 Å². The third-order valence-electron chi connectivity index (χ3n) is 5.28. The van der Waals surface area contributed by atoms with E-state index in [1.54, 1.807) is 17.9 Å². The first kappa shape index (κ1) is 17.9. The molecule has 3 rings (SSSR count). The van der Waals surface area contributed by atoms with Gasteiger partial charge in [-0.1, -0.05) is 19.0 Å². The van der Waals surface area contributed by atoms with E-state index < -0.39 is 6.04 Å². The monoisotopic (exact) mass is 348 g/mol. The fraction of sp³-hybridized carbons (Fsp3) is 0.722. The van der Waals surface area contributed by atoms with E-state index in [2.05, 4.69) is 23.9 Å². The van der Waals surface area contributed by atoms with E-state index in [4.69, 9.17) is 4.52 Å². The van der Waals surface area contributed by atoms with Crippen molar-refractivity contribution >= 4 is 11.8 Å². The van der Waals surface area contributed by atoms with Crippen LogP contribution in [0.2, 0.25) is 0 Å². The summed E-state index contributed by atoms with van der Waals surface area (Å²) in [6.07, 6.45) is 1.56. The number of aryl methyl sites for hydroxylation is 1. The molecule has 2 amide bonds. The molecule has 2 aliphatic heterocycles. The van der Waals surface area contributed by atoms with Crippen molar-refractivity contribution in [1.29, 1.82) is 0 Å². The Balaban J connectivity index is 1.87. The highest BCUT2D eigenvalue weighted by Gasteiger charge is 2.47. The SMILES string of the molecule is Cc1cc(C(=O)N2C[C@@H]3C[C@H](N(C)C)CN3C(=O)[C@@H]2CC(C)C)no1. The first-order valence-electron chi connectivity index (χ1n) is 8.99. The van der Waals surface area contributed by atoms with Gasteiger partial charge in [0.1, 0.15) is 11.8 Å². The molecule has 3 atom stereocenters. The van der Waals surface area contributed by atoms with Gasteiger partial charge in [-0.15, -0.1) is 0 Å². The molecule has 0 spiro atoms. The van der Waals surface area contributed by atoms with Crippen LogP contribution < -0.4 is 0 Å². The number of fused-ring (bicyclic) bond motifs is 1. The number of piperazine rings is 1. The van der Waals surface area contributed by atoms with Gasteiger partial charge in [-0.3, -0.25) is 9.59 Å². The highest BCUT2D eigenvalue weighted by molar-refractivity contribution is 5.97. The molecule has 3 heterocycles. The molecule has 1 aromatic rings. The number of amides is 2. The summed E-state index contributed by atoms with van der Waals surface area (Å²) in [7, 11) is 4.08. The summed E-state index contributed by atoms with van der Waals surface area (Å²) in [6.45, 7) is 7.23. The second-order valence-corrected chi connectivity index (χ2v) is 7.92. The molecule has 0 bridgehead atoms. The van der Waals surface area contributed by atoms with E-state index >= 15 is 0 Å². The summed E-state index contributed by atoms with van der Waals surface area (Å²) in [5.41, 5.74) is 0.287. The number of carbonyl (C=O) groups excluding carboxylic acids is 2. The number of nitrogens with zero attached hydrogens (tertiary/aromatic N) is 4. The van der Waals surface area contributed by atoms with Crippen LogP contribution in [0.1, 0.15) is 42.9 Å². The number of aromatic nitrogens is 1. The third-order valence-corrected chi connectivity index (χ3v) is 5.28. The second kappa shape index (κ2) is 6.78. The highest BCUT2D eigenvalue weighted by Crippen LogP contribution is 2.31. The predicted molar refractivity (Wildman–Crippen MR) is 93.1 cm³/mol. The molecule has 0 saturated carbocycles. The molecular formula is C18H28N4O3. The Kier molecular flexibility index (Phi) is 4.86. The molecule has 0 N–H and O–H groups in total. The minimum Gasteiger partial charge on any atom is -0.361 e. The van der Waals surface area contributed by atoms with E-state index in [1.807, 2.05) is 19.0 Å². The van der Waals surface area contributed by atoms with Crippen molar-refractivity contribution in [3.63, 3.8) is 0 Å². The molecular weight excluding hydrogens is 320 g/mol. The maximum atomic E-state index is 13.1. The molecule has 25 heavy (non-hydrogen) atoms. The fourth-order valence-electron chi connectivity index (χ4n) is 3.90. The predicted octanol–water partition coefficient (Wildman–Crippen LogP) is 1.38. The van der Waals surface area contributed by atoms with Crippen LogP contribution in [0.4, 0.5) is 0 Å². The first-order valence-corrected chi connectivity index (χ1v) is 8.99. The normalized spacial score (nSPS) is 26.7. The highest BCUT2D eigenvalue weighted by atomic mass is 16.5. The van der Waals surface area contributed by atoms with Crippen LogP contribution in [-0.4, -0.2) is 77.0 Å². The number of hydrogen-bond donors (Lipinski definition) is 0. The lowest BCUT2D eigenvalue weighted by Gasteiger charge is -2.43. The van der Waals surface area contributed by atoms with E-state index in [9.17, 15) is 9.59 Å². The van der Waals surface area contributed by atoms with Gasteiger partial charge in [-0.2, -0.15) is 0 Å². The molecule has 7 heteroatoms. The lowest BCUT2D eigenvalue weighted by molar-refractivity contribution is -0.142. The summed E-state index contributed by atoms with van der Waals surface area (Å²) in [5, 5.41) is 3.86.